The molecule has 0 amide bonds. The van der Waals surface area contributed by atoms with Crippen LogP contribution in [-0.2, 0) is 6.54 Å². The number of guanidine groups is 1. The topological polar surface area (TPSA) is 72.7 Å². The van der Waals surface area contributed by atoms with Crippen molar-refractivity contribution in [1.82, 2.24) is 20.2 Å². The van der Waals surface area contributed by atoms with Crippen LogP contribution >= 0.6 is 24.0 Å². The number of methoxy groups -OCH3 is 1. The molecule has 1 heterocycles. The number of imidazole rings is 1. The number of benzene rings is 1. The van der Waals surface area contributed by atoms with Crippen LogP contribution in [0.1, 0.15) is 13.8 Å². The van der Waals surface area contributed by atoms with Crippen molar-refractivity contribution >= 4 is 29.9 Å². The van der Waals surface area contributed by atoms with Gasteiger partial charge in [-0.2, -0.15) is 0 Å². The Morgan fingerprint density at radius 2 is 2.04 bits per heavy atom. The summed E-state index contributed by atoms with van der Waals surface area (Å²) in [7, 11) is 1.64. The first-order chi connectivity index (χ1) is 12.2. The Balaban J connectivity index is 0.00000338. The number of para-hydroxylation sites is 2. The number of aromatic nitrogens is 2. The van der Waals surface area contributed by atoms with Crippen LogP contribution in [0.4, 0.5) is 0 Å². The summed E-state index contributed by atoms with van der Waals surface area (Å²) in [5.74, 6) is 2.23. The van der Waals surface area contributed by atoms with E-state index < -0.39 is 0 Å². The van der Waals surface area contributed by atoms with Crippen LogP contribution < -0.4 is 20.1 Å². The predicted molar refractivity (Wildman–Crippen MR) is 115 cm³/mol. The molecule has 0 aliphatic carbocycles. The number of hydrogen-bond donors (Lipinski definition) is 2. The maximum Gasteiger partial charge on any atom is 0.191 e. The van der Waals surface area contributed by atoms with E-state index in [0.29, 0.717) is 6.54 Å². The van der Waals surface area contributed by atoms with Crippen molar-refractivity contribution in [1.29, 1.82) is 0 Å². The van der Waals surface area contributed by atoms with Crippen molar-refractivity contribution in [2.45, 2.75) is 26.5 Å². The number of nitrogens with one attached hydrogen (secondary N) is 2. The molecule has 1 aromatic carbocycles. The number of rotatable bonds is 9. The van der Waals surface area contributed by atoms with Gasteiger partial charge in [0, 0.05) is 32.0 Å². The van der Waals surface area contributed by atoms with Gasteiger partial charge in [0.2, 0.25) is 0 Å². The Bertz CT molecular complexity index is 649. The quantitative estimate of drug-likeness (QED) is 0.333. The van der Waals surface area contributed by atoms with Gasteiger partial charge in [0.05, 0.1) is 20.0 Å². The molecule has 8 heteroatoms. The number of aliphatic imine (C=N–C) groups is 1. The second kappa shape index (κ2) is 12.4. The molecule has 1 unspecified atom stereocenters. The summed E-state index contributed by atoms with van der Waals surface area (Å²) in [5.41, 5.74) is 0. The summed E-state index contributed by atoms with van der Waals surface area (Å²) in [4.78, 5) is 8.62. The van der Waals surface area contributed by atoms with Gasteiger partial charge in [-0.05, 0) is 26.0 Å². The van der Waals surface area contributed by atoms with E-state index in [1.54, 1.807) is 19.6 Å². The fourth-order valence-electron chi connectivity index (χ4n) is 2.25. The van der Waals surface area contributed by atoms with Gasteiger partial charge in [0.15, 0.2) is 17.5 Å². The Hall–Kier alpha value is -1.97. The zero-order valence-electron chi connectivity index (χ0n) is 15.5. The van der Waals surface area contributed by atoms with E-state index in [2.05, 4.69) is 20.6 Å². The van der Waals surface area contributed by atoms with E-state index in [4.69, 9.17) is 9.47 Å². The third kappa shape index (κ3) is 7.51. The zero-order valence-corrected chi connectivity index (χ0v) is 17.8. The molecular formula is C18H28IN5O2. The van der Waals surface area contributed by atoms with Gasteiger partial charge in [0.1, 0.15) is 6.10 Å². The molecule has 0 radical (unpaired) electrons. The summed E-state index contributed by atoms with van der Waals surface area (Å²) in [6, 6.07) is 7.62. The summed E-state index contributed by atoms with van der Waals surface area (Å²) >= 11 is 0. The molecule has 0 bridgehead atoms. The van der Waals surface area contributed by atoms with Crippen LogP contribution in [0.2, 0.25) is 0 Å². The van der Waals surface area contributed by atoms with Crippen LogP contribution in [0.5, 0.6) is 11.5 Å². The van der Waals surface area contributed by atoms with Gasteiger partial charge in [-0.15, -0.1) is 24.0 Å². The Morgan fingerprint density at radius 1 is 1.27 bits per heavy atom. The van der Waals surface area contributed by atoms with E-state index in [1.165, 1.54) is 0 Å². The van der Waals surface area contributed by atoms with Gasteiger partial charge < -0.3 is 24.7 Å². The standard InChI is InChI=1S/C18H27N5O2.HI/c1-4-20-18(21-10-12-23-11-9-19-14-23)22-13-15(2)25-17-8-6-5-7-16(17)24-3;/h5-9,11,14-15H,4,10,12-13H2,1-3H3,(H2,20,21,22);1H. The van der Waals surface area contributed by atoms with E-state index in [9.17, 15) is 0 Å². The summed E-state index contributed by atoms with van der Waals surface area (Å²) in [6.07, 6.45) is 5.44. The van der Waals surface area contributed by atoms with Crippen LogP contribution in [-0.4, -0.2) is 48.4 Å². The highest BCUT2D eigenvalue weighted by molar-refractivity contribution is 14.0. The lowest BCUT2D eigenvalue weighted by Crippen LogP contribution is -2.39. The lowest BCUT2D eigenvalue weighted by atomic mass is 10.3. The maximum absolute atomic E-state index is 5.93. The maximum atomic E-state index is 5.93. The average molecular weight is 473 g/mol. The van der Waals surface area contributed by atoms with Crippen molar-refractivity contribution in [3.63, 3.8) is 0 Å². The predicted octanol–water partition coefficient (Wildman–Crippen LogP) is 2.53. The summed E-state index contributed by atoms with van der Waals surface area (Å²) < 4.78 is 13.3. The molecule has 0 fully saturated rings. The molecule has 1 atom stereocenters. The number of nitrogens with zero attached hydrogens (tertiary/aromatic N) is 3. The first-order valence-corrected chi connectivity index (χ1v) is 8.50. The SMILES string of the molecule is CCNC(=NCC(C)Oc1ccccc1OC)NCCn1ccnc1.I. The fourth-order valence-corrected chi connectivity index (χ4v) is 2.25. The first-order valence-electron chi connectivity index (χ1n) is 8.50. The number of halogens is 1. The van der Waals surface area contributed by atoms with Gasteiger partial charge in [-0.1, -0.05) is 12.1 Å². The molecule has 2 N–H and O–H groups in total. The second-order valence-electron chi connectivity index (χ2n) is 5.53. The molecule has 1 aromatic heterocycles. The highest BCUT2D eigenvalue weighted by Crippen LogP contribution is 2.26. The normalized spacial score (nSPS) is 12.0. The van der Waals surface area contributed by atoms with Gasteiger partial charge >= 0.3 is 0 Å². The smallest absolute Gasteiger partial charge is 0.191 e. The van der Waals surface area contributed by atoms with Crippen molar-refractivity contribution in [2.75, 3.05) is 26.7 Å². The minimum absolute atomic E-state index is 0. The molecular weight excluding hydrogens is 445 g/mol. The summed E-state index contributed by atoms with van der Waals surface area (Å²) in [6.45, 7) is 6.98. The van der Waals surface area contributed by atoms with Gasteiger partial charge in [0.25, 0.3) is 0 Å². The zero-order chi connectivity index (χ0) is 17.9. The summed E-state index contributed by atoms with van der Waals surface area (Å²) in [5, 5.41) is 6.55. The van der Waals surface area contributed by atoms with Gasteiger partial charge in [-0.25, -0.2) is 9.98 Å². The lowest BCUT2D eigenvalue weighted by Gasteiger charge is -2.16. The highest BCUT2D eigenvalue weighted by Gasteiger charge is 2.08. The van der Waals surface area contributed by atoms with Crippen LogP contribution in [0.15, 0.2) is 48.0 Å². The van der Waals surface area contributed by atoms with Crippen molar-refractivity contribution in [2.24, 2.45) is 4.99 Å². The van der Waals surface area contributed by atoms with Crippen LogP contribution in [0.3, 0.4) is 0 Å². The average Bonchev–Trinajstić information content (AvgIpc) is 3.13. The molecule has 0 saturated heterocycles. The Morgan fingerprint density at radius 3 is 2.69 bits per heavy atom. The van der Waals surface area contributed by atoms with E-state index in [1.807, 2.05) is 48.9 Å². The van der Waals surface area contributed by atoms with Crippen molar-refractivity contribution in [3.05, 3.63) is 43.0 Å². The van der Waals surface area contributed by atoms with Gasteiger partial charge in [-0.3, -0.25) is 0 Å². The van der Waals surface area contributed by atoms with E-state index >= 15 is 0 Å². The van der Waals surface area contributed by atoms with Crippen molar-refractivity contribution < 1.29 is 9.47 Å². The molecule has 144 valence electrons. The molecule has 0 aliphatic rings. The molecule has 0 saturated carbocycles. The van der Waals surface area contributed by atoms with E-state index in [-0.39, 0.29) is 30.1 Å². The third-order valence-electron chi connectivity index (χ3n) is 3.47. The molecule has 0 spiro atoms. The highest BCUT2D eigenvalue weighted by atomic mass is 127. The third-order valence-corrected chi connectivity index (χ3v) is 3.47. The van der Waals surface area contributed by atoms with Crippen molar-refractivity contribution in [3.8, 4) is 11.5 Å². The molecule has 7 nitrogen and oxygen atoms in total. The first kappa shape index (κ1) is 22.1. The minimum Gasteiger partial charge on any atom is -0.493 e. The molecule has 2 aromatic rings. The number of hydrogen-bond acceptors (Lipinski definition) is 4. The molecule has 26 heavy (non-hydrogen) atoms. The largest absolute Gasteiger partial charge is 0.493 e. The number of ether oxygens (including phenoxy) is 2. The van der Waals surface area contributed by atoms with Crippen LogP contribution in [0.25, 0.3) is 0 Å². The monoisotopic (exact) mass is 473 g/mol. The fraction of sp³-hybridized carbons (Fsp3) is 0.444. The molecule has 2 rings (SSSR count). The minimum atomic E-state index is -0.0691. The van der Waals surface area contributed by atoms with E-state index in [0.717, 1.165) is 37.1 Å². The Labute approximate surface area is 172 Å². The second-order valence-corrected chi connectivity index (χ2v) is 5.53. The Kier molecular flexibility index (Phi) is 10.5. The lowest BCUT2D eigenvalue weighted by molar-refractivity contribution is 0.219. The van der Waals surface area contributed by atoms with Crippen LogP contribution in [0, 0.1) is 0 Å². The molecule has 0 aliphatic heterocycles.